The molecule has 0 spiro atoms. The first-order valence-corrected chi connectivity index (χ1v) is 6.71. The van der Waals surface area contributed by atoms with E-state index in [1.165, 1.54) is 25.7 Å². The van der Waals surface area contributed by atoms with Crippen LogP contribution >= 0.6 is 0 Å². The molecule has 4 nitrogen and oxygen atoms in total. The van der Waals surface area contributed by atoms with E-state index in [4.69, 9.17) is 4.74 Å². The molecule has 2 aromatic rings. The van der Waals surface area contributed by atoms with Crippen molar-refractivity contribution >= 4 is 11.0 Å². The third-order valence-corrected chi connectivity index (χ3v) is 2.51. The Morgan fingerprint density at radius 2 is 1.44 bits per heavy atom. The van der Waals surface area contributed by atoms with Gasteiger partial charge >= 0.3 is 0 Å². The minimum atomic E-state index is 0.914. The van der Waals surface area contributed by atoms with Crippen molar-refractivity contribution in [2.24, 2.45) is 0 Å². The molecule has 0 aliphatic heterocycles. The lowest BCUT2D eigenvalue weighted by Gasteiger charge is -1.99. The zero-order valence-electron chi connectivity index (χ0n) is 11.4. The molecule has 0 atom stereocenters. The first kappa shape index (κ1) is 14.6. The largest absolute Gasteiger partial charge is 0.381 e. The minimum Gasteiger partial charge on any atom is -0.381 e. The molecule has 1 N–H and O–H groups in total. The zero-order chi connectivity index (χ0) is 13.1. The van der Waals surface area contributed by atoms with Gasteiger partial charge in [-0.1, -0.05) is 38.8 Å². The van der Waals surface area contributed by atoms with Gasteiger partial charge in [0.05, 0.1) is 0 Å². The van der Waals surface area contributed by atoms with Crippen LogP contribution in [0.15, 0.2) is 24.3 Å². The summed E-state index contributed by atoms with van der Waals surface area (Å²) in [6.45, 7) is 6.28. The summed E-state index contributed by atoms with van der Waals surface area (Å²) in [6.07, 6.45) is 4.91. The molecule has 0 aliphatic carbocycles. The van der Waals surface area contributed by atoms with Crippen molar-refractivity contribution < 1.29 is 4.74 Å². The lowest BCUT2D eigenvalue weighted by molar-refractivity contribution is 0.128. The molecule has 1 aromatic carbocycles. The monoisotopic (exact) mass is 249 g/mol. The summed E-state index contributed by atoms with van der Waals surface area (Å²) < 4.78 is 5.31. The molecule has 0 saturated carbocycles. The first-order valence-electron chi connectivity index (χ1n) is 6.71. The Bertz CT molecular complexity index is 378. The van der Waals surface area contributed by atoms with E-state index in [1.807, 2.05) is 24.3 Å². The van der Waals surface area contributed by atoms with Crippen molar-refractivity contribution in [1.82, 2.24) is 15.4 Å². The maximum atomic E-state index is 5.31. The molecule has 0 saturated heterocycles. The van der Waals surface area contributed by atoms with Crippen molar-refractivity contribution in [2.75, 3.05) is 13.2 Å². The number of fused-ring (bicyclic) bond motifs is 1. The number of nitrogens with zero attached hydrogens (tertiary/aromatic N) is 2. The van der Waals surface area contributed by atoms with Gasteiger partial charge < -0.3 is 4.74 Å². The first-order chi connectivity index (χ1) is 8.88. The number of unbranched alkanes of at least 4 members (excludes halogenated alkanes) is 2. The van der Waals surface area contributed by atoms with Crippen LogP contribution in [0.5, 0.6) is 0 Å². The predicted molar refractivity (Wildman–Crippen MR) is 74.5 cm³/mol. The van der Waals surface area contributed by atoms with Gasteiger partial charge in [-0.15, -0.1) is 0 Å². The topological polar surface area (TPSA) is 50.8 Å². The summed E-state index contributed by atoms with van der Waals surface area (Å²) >= 11 is 0. The molecule has 4 heteroatoms. The van der Waals surface area contributed by atoms with E-state index in [0.29, 0.717) is 0 Å². The Morgan fingerprint density at radius 3 is 1.89 bits per heavy atom. The van der Waals surface area contributed by atoms with E-state index in [9.17, 15) is 0 Å². The number of H-pyrrole nitrogens is 1. The fourth-order valence-electron chi connectivity index (χ4n) is 1.38. The maximum Gasteiger partial charge on any atom is 0.112 e. The van der Waals surface area contributed by atoms with Crippen molar-refractivity contribution in [3.8, 4) is 0 Å². The van der Waals surface area contributed by atoms with Crippen LogP contribution in [0.4, 0.5) is 0 Å². The summed E-state index contributed by atoms with van der Waals surface area (Å²) in [7, 11) is 0. The molecule has 100 valence electrons. The summed E-state index contributed by atoms with van der Waals surface area (Å²) in [5.74, 6) is 0. The van der Waals surface area contributed by atoms with Gasteiger partial charge in [0.1, 0.15) is 11.0 Å². The van der Waals surface area contributed by atoms with E-state index < -0.39 is 0 Å². The van der Waals surface area contributed by atoms with Crippen LogP contribution < -0.4 is 0 Å². The van der Waals surface area contributed by atoms with Crippen molar-refractivity contribution in [3.05, 3.63) is 24.3 Å². The number of benzene rings is 1. The van der Waals surface area contributed by atoms with Crippen molar-refractivity contribution in [2.45, 2.75) is 39.5 Å². The highest BCUT2D eigenvalue weighted by Gasteiger charge is 1.90. The normalized spacial score (nSPS) is 10.1. The molecule has 0 amide bonds. The third-order valence-electron chi connectivity index (χ3n) is 2.51. The molecular formula is C14H23N3O. The standard InChI is InChI=1S/C8H18O.C6H5N3/c1-3-5-7-9-8-6-4-2;1-2-4-6-5(3-1)7-9-8-6/h3-8H2,1-2H3;1-4H,(H,7,8,9). The minimum absolute atomic E-state index is 0.914. The maximum absolute atomic E-state index is 5.31. The Labute approximate surface area is 109 Å². The molecule has 2 rings (SSSR count). The van der Waals surface area contributed by atoms with Gasteiger partial charge in [-0.3, -0.25) is 0 Å². The zero-order valence-corrected chi connectivity index (χ0v) is 11.4. The van der Waals surface area contributed by atoms with Crippen LogP contribution in [0.3, 0.4) is 0 Å². The number of para-hydroxylation sites is 2. The van der Waals surface area contributed by atoms with E-state index in [0.717, 1.165) is 24.2 Å². The number of rotatable bonds is 6. The van der Waals surface area contributed by atoms with E-state index in [2.05, 4.69) is 29.3 Å². The van der Waals surface area contributed by atoms with E-state index in [-0.39, 0.29) is 0 Å². The number of hydrogen-bond donors (Lipinski definition) is 1. The van der Waals surface area contributed by atoms with Crippen LogP contribution in [0.2, 0.25) is 0 Å². The third kappa shape index (κ3) is 5.77. The number of aromatic amines is 1. The second-order valence-electron chi connectivity index (χ2n) is 4.13. The lowest BCUT2D eigenvalue weighted by Crippen LogP contribution is -1.95. The summed E-state index contributed by atoms with van der Waals surface area (Å²) in [5.41, 5.74) is 1.83. The predicted octanol–water partition coefficient (Wildman–Crippen LogP) is 3.56. The van der Waals surface area contributed by atoms with Gasteiger partial charge in [-0.25, -0.2) is 0 Å². The Hall–Kier alpha value is -1.42. The van der Waals surface area contributed by atoms with Crippen molar-refractivity contribution in [1.29, 1.82) is 0 Å². The van der Waals surface area contributed by atoms with Gasteiger partial charge in [-0.05, 0) is 25.0 Å². The number of nitrogens with one attached hydrogen (secondary N) is 1. The molecule has 1 aromatic heterocycles. The van der Waals surface area contributed by atoms with E-state index in [1.54, 1.807) is 0 Å². The summed E-state index contributed by atoms with van der Waals surface area (Å²) in [4.78, 5) is 0. The Kier molecular flexibility index (Phi) is 7.80. The van der Waals surface area contributed by atoms with Crippen LogP contribution in [0.1, 0.15) is 39.5 Å². The Morgan fingerprint density at radius 1 is 0.944 bits per heavy atom. The van der Waals surface area contributed by atoms with Crippen LogP contribution in [-0.2, 0) is 4.74 Å². The van der Waals surface area contributed by atoms with Gasteiger partial charge in [0.25, 0.3) is 0 Å². The summed E-state index contributed by atoms with van der Waals surface area (Å²) in [6, 6.07) is 7.70. The molecule has 1 heterocycles. The average molecular weight is 249 g/mol. The van der Waals surface area contributed by atoms with Gasteiger partial charge in [0.15, 0.2) is 0 Å². The lowest BCUT2D eigenvalue weighted by atomic mass is 10.3. The highest BCUT2D eigenvalue weighted by molar-refractivity contribution is 5.72. The van der Waals surface area contributed by atoms with Crippen LogP contribution in [0, 0.1) is 0 Å². The second-order valence-corrected chi connectivity index (χ2v) is 4.13. The fraction of sp³-hybridized carbons (Fsp3) is 0.571. The second kappa shape index (κ2) is 9.59. The summed E-state index contributed by atoms with van der Waals surface area (Å²) in [5, 5.41) is 10.3. The average Bonchev–Trinajstić information content (AvgIpc) is 2.88. The fourth-order valence-corrected chi connectivity index (χ4v) is 1.38. The highest BCUT2D eigenvalue weighted by Crippen LogP contribution is 2.03. The SMILES string of the molecule is CCCCOCCCC.c1ccc2n[nH]nc2c1. The van der Waals surface area contributed by atoms with E-state index >= 15 is 0 Å². The smallest absolute Gasteiger partial charge is 0.112 e. The van der Waals surface area contributed by atoms with Crippen LogP contribution in [-0.4, -0.2) is 28.6 Å². The van der Waals surface area contributed by atoms with Crippen LogP contribution in [0.25, 0.3) is 11.0 Å². The molecule has 0 unspecified atom stereocenters. The number of ether oxygens (including phenoxy) is 1. The number of hydrogen-bond acceptors (Lipinski definition) is 3. The molecule has 18 heavy (non-hydrogen) atoms. The van der Waals surface area contributed by atoms with Crippen molar-refractivity contribution in [3.63, 3.8) is 0 Å². The highest BCUT2D eigenvalue weighted by atomic mass is 16.5. The molecule has 0 aliphatic rings. The number of aromatic nitrogens is 3. The van der Waals surface area contributed by atoms with Gasteiger partial charge in [0.2, 0.25) is 0 Å². The van der Waals surface area contributed by atoms with Gasteiger partial charge in [-0.2, -0.15) is 15.4 Å². The Balaban J connectivity index is 0.000000180. The molecule has 0 bridgehead atoms. The molecule has 0 fully saturated rings. The molecular weight excluding hydrogens is 226 g/mol. The quantitative estimate of drug-likeness (QED) is 0.796. The molecule has 0 radical (unpaired) electrons. The van der Waals surface area contributed by atoms with Gasteiger partial charge in [0, 0.05) is 13.2 Å².